The van der Waals surface area contributed by atoms with Gasteiger partial charge in [0.2, 0.25) is 0 Å². The second-order valence-electron chi connectivity index (χ2n) is 3.79. The monoisotopic (exact) mass is 307 g/mol. The summed E-state index contributed by atoms with van der Waals surface area (Å²) in [4.78, 5) is 11.9. The molecule has 2 rings (SSSR count). The fraction of sp³-hybridized carbons (Fsp3) is 0.0714. The number of rotatable bonds is 3. The van der Waals surface area contributed by atoms with Crippen LogP contribution in [0, 0.1) is 5.82 Å². The van der Waals surface area contributed by atoms with E-state index in [-0.39, 0.29) is 5.91 Å². The van der Waals surface area contributed by atoms with Gasteiger partial charge in [-0.3, -0.25) is 4.79 Å². The third-order valence-corrected chi connectivity index (χ3v) is 3.16. The van der Waals surface area contributed by atoms with E-state index < -0.39 is 5.82 Å². The predicted molar refractivity (Wildman–Crippen MR) is 71.7 cm³/mol. The van der Waals surface area contributed by atoms with Crippen LogP contribution in [0.2, 0.25) is 0 Å². The Hall–Kier alpha value is -1.68. The zero-order valence-electron chi connectivity index (χ0n) is 9.49. The molecule has 0 radical (unpaired) electrons. The molecule has 0 aliphatic rings. The Morgan fingerprint density at radius 1 is 1.17 bits per heavy atom. The van der Waals surface area contributed by atoms with E-state index in [4.69, 9.17) is 0 Å². The first-order valence-corrected chi connectivity index (χ1v) is 6.23. The van der Waals surface area contributed by atoms with Crippen molar-refractivity contribution in [1.82, 2.24) is 5.32 Å². The van der Waals surface area contributed by atoms with E-state index in [2.05, 4.69) is 21.2 Å². The van der Waals surface area contributed by atoms with Gasteiger partial charge in [0, 0.05) is 11.0 Å². The van der Waals surface area contributed by atoms with Crippen molar-refractivity contribution in [2.45, 2.75) is 6.54 Å². The molecule has 92 valence electrons. The van der Waals surface area contributed by atoms with E-state index in [1.54, 1.807) is 0 Å². The largest absolute Gasteiger partial charge is 0.348 e. The Bertz CT molecular complexity index is 557. The molecule has 0 atom stereocenters. The van der Waals surface area contributed by atoms with Crippen LogP contribution in [0.5, 0.6) is 0 Å². The molecule has 2 aromatic carbocycles. The fourth-order valence-corrected chi connectivity index (χ4v) is 1.97. The predicted octanol–water partition coefficient (Wildman–Crippen LogP) is 3.52. The van der Waals surface area contributed by atoms with Gasteiger partial charge in [0.05, 0.1) is 5.56 Å². The van der Waals surface area contributed by atoms with Crippen LogP contribution in [-0.2, 0) is 6.54 Å². The zero-order chi connectivity index (χ0) is 13.0. The van der Waals surface area contributed by atoms with E-state index in [0.717, 1.165) is 5.56 Å². The maximum Gasteiger partial charge on any atom is 0.252 e. The van der Waals surface area contributed by atoms with Crippen molar-refractivity contribution >= 4 is 21.8 Å². The van der Waals surface area contributed by atoms with Crippen molar-refractivity contribution in [2.75, 3.05) is 0 Å². The van der Waals surface area contributed by atoms with Gasteiger partial charge in [0.15, 0.2) is 0 Å². The van der Waals surface area contributed by atoms with Crippen molar-refractivity contribution in [1.29, 1.82) is 0 Å². The topological polar surface area (TPSA) is 29.1 Å². The van der Waals surface area contributed by atoms with Gasteiger partial charge in [0.25, 0.3) is 5.91 Å². The number of amides is 1. The number of hydrogen-bond donors (Lipinski definition) is 1. The molecule has 0 saturated heterocycles. The first kappa shape index (κ1) is 12.8. The lowest BCUT2D eigenvalue weighted by atomic mass is 10.2. The standard InChI is InChI=1S/C14H11BrFNO/c15-13-7-6-11(16)8-12(13)14(18)17-9-10-4-2-1-3-5-10/h1-8H,9H2,(H,17,18). The molecular formula is C14H11BrFNO. The number of benzene rings is 2. The first-order valence-electron chi connectivity index (χ1n) is 5.44. The molecule has 0 aromatic heterocycles. The van der Waals surface area contributed by atoms with Crippen LogP contribution in [-0.4, -0.2) is 5.91 Å². The summed E-state index contributed by atoms with van der Waals surface area (Å²) in [5.74, 6) is -0.728. The van der Waals surface area contributed by atoms with Crippen molar-refractivity contribution in [3.63, 3.8) is 0 Å². The third-order valence-electron chi connectivity index (χ3n) is 2.47. The molecular weight excluding hydrogens is 297 g/mol. The average Bonchev–Trinajstić information content (AvgIpc) is 2.40. The van der Waals surface area contributed by atoms with Crippen molar-refractivity contribution in [3.8, 4) is 0 Å². The molecule has 2 aromatic rings. The minimum absolute atomic E-state index is 0.297. The molecule has 18 heavy (non-hydrogen) atoms. The Morgan fingerprint density at radius 3 is 2.61 bits per heavy atom. The molecule has 0 aliphatic carbocycles. The molecule has 4 heteroatoms. The lowest BCUT2D eigenvalue weighted by Crippen LogP contribution is -2.23. The lowest BCUT2D eigenvalue weighted by molar-refractivity contribution is 0.0949. The highest BCUT2D eigenvalue weighted by atomic mass is 79.9. The summed E-state index contributed by atoms with van der Waals surface area (Å²) >= 11 is 3.23. The van der Waals surface area contributed by atoms with Gasteiger partial charge in [-0.15, -0.1) is 0 Å². The highest BCUT2D eigenvalue weighted by molar-refractivity contribution is 9.10. The molecule has 0 fully saturated rings. The van der Waals surface area contributed by atoms with E-state index in [1.807, 2.05) is 30.3 Å². The molecule has 0 unspecified atom stereocenters. The van der Waals surface area contributed by atoms with Gasteiger partial charge < -0.3 is 5.32 Å². The van der Waals surface area contributed by atoms with E-state index in [1.165, 1.54) is 18.2 Å². The maximum absolute atomic E-state index is 13.1. The minimum atomic E-state index is -0.428. The van der Waals surface area contributed by atoms with Crippen LogP contribution in [0.15, 0.2) is 53.0 Å². The van der Waals surface area contributed by atoms with Gasteiger partial charge in [-0.25, -0.2) is 4.39 Å². The number of carbonyl (C=O) groups excluding carboxylic acids is 1. The van der Waals surface area contributed by atoms with Gasteiger partial charge in [-0.2, -0.15) is 0 Å². The highest BCUT2D eigenvalue weighted by Crippen LogP contribution is 2.17. The van der Waals surface area contributed by atoms with Crippen LogP contribution >= 0.6 is 15.9 Å². The molecule has 0 saturated carbocycles. The van der Waals surface area contributed by atoms with Gasteiger partial charge in [0.1, 0.15) is 5.82 Å². The van der Waals surface area contributed by atoms with Crippen LogP contribution in [0.25, 0.3) is 0 Å². The van der Waals surface area contributed by atoms with Crippen molar-refractivity contribution in [2.24, 2.45) is 0 Å². The second kappa shape index (κ2) is 5.78. The lowest BCUT2D eigenvalue weighted by Gasteiger charge is -2.07. The second-order valence-corrected chi connectivity index (χ2v) is 4.65. The summed E-state index contributed by atoms with van der Waals surface area (Å²) in [5, 5.41) is 2.75. The number of hydrogen-bond acceptors (Lipinski definition) is 1. The van der Waals surface area contributed by atoms with Crippen LogP contribution in [0.1, 0.15) is 15.9 Å². The molecule has 0 spiro atoms. The average molecular weight is 308 g/mol. The summed E-state index contributed by atoms with van der Waals surface area (Å²) in [6.07, 6.45) is 0. The Balaban J connectivity index is 2.06. The molecule has 1 amide bonds. The highest BCUT2D eigenvalue weighted by Gasteiger charge is 2.10. The molecule has 1 N–H and O–H groups in total. The number of nitrogens with one attached hydrogen (secondary N) is 1. The Kier molecular flexibility index (Phi) is 4.10. The molecule has 2 nitrogen and oxygen atoms in total. The summed E-state index contributed by atoms with van der Waals surface area (Å²) in [7, 11) is 0. The maximum atomic E-state index is 13.1. The van der Waals surface area contributed by atoms with Gasteiger partial charge in [-0.1, -0.05) is 30.3 Å². The molecule has 0 heterocycles. The smallest absolute Gasteiger partial charge is 0.252 e. The zero-order valence-corrected chi connectivity index (χ0v) is 11.1. The van der Waals surface area contributed by atoms with Crippen molar-refractivity contribution < 1.29 is 9.18 Å². The summed E-state index contributed by atoms with van der Waals surface area (Å²) < 4.78 is 13.6. The number of halogens is 2. The minimum Gasteiger partial charge on any atom is -0.348 e. The normalized spacial score (nSPS) is 10.1. The quantitative estimate of drug-likeness (QED) is 0.923. The SMILES string of the molecule is O=C(NCc1ccccc1)c1cc(F)ccc1Br. The number of carbonyl (C=O) groups is 1. The molecule has 0 bridgehead atoms. The van der Waals surface area contributed by atoms with Gasteiger partial charge >= 0.3 is 0 Å². The Morgan fingerprint density at radius 2 is 1.89 bits per heavy atom. The van der Waals surface area contributed by atoms with Gasteiger partial charge in [-0.05, 0) is 39.7 Å². The van der Waals surface area contributed by atoms with Crippen LogP contribution in [0.3, 0.4) is 0 Å². The van der Waals surface area contributed by atoms with Crippen LogP contribution in [0.4, 0.5) is 4.39 Å². The summed E-state index contributed by atoms with van der Waals surface area (Å²) in [5.41, 5.74) is 1.30. The summed E-state index contributed by atoms with van der Waals surface area (Å²) in [6.45, 7) is 0.419. The van der Waals surface area contributed by atoms with E-state index in [0.29, 0.717) is 16.6 Å². The summed E-state index contributed by atoms with van der Waals surface area (Å²) in [6, 6.07) is 13.6. The molecule has 0 aliphatic heterocycles. The Labute approximate surface area is 113 Å². The van der Waals surface area contributed by atoms with Crippen LogP contribution < -0.4 is 5.32 Å². The third kappa shape index (κ3) is 3.17. The fourth-order valence-electron chi connectivity index (χ4n) is 1.54. The van der Waals surface area contributed by atoms with E-state index in [9.17, 15) is 9.18 Å². The first-order chi connectivity index (χ1) is 8.66. The van der Waals surface area contributed by atoms with E-state index >= 15 is 0 Å². The van der Waals surface area contributed by atoms with Crippen molar-refractivity contribution in [3.05, 3.63) is 69.9 Å².